The highest BCUT2D eigenvalue weighted by atomic mass is 16.8. The van der Waals surface area contributed by atoms with Gasteiger partial charge in [-0.1, -0.05) is 100 Å². The normalized spacial score (nSPS) is 30.8. The number of esters is 4. The molecule has 0 radical (unpaired) electrons. The second kappa shape index (κ2) is 30.5. The van der Waals surface area contributed by atoms with Gasteiger partial charge in [-0.25, -0.2) is 4.79 Å². The SMILES string of the molecule is CCC(C1CCC(N=[N+]=[N-])C(OC2C(N=[N+]=[N-])CC(N=[N+]=[N-])C(OC(C)=O)C2OC2OC(COC(C)=O)C(OC3OC(CN=[N+]=[N-])C(OC(C)=O)C(C)C3N=[N+]=[N-])C2OC(C)=O)O1)N(Cc1ccccc1)C(=O)OCc1ccccc1. The van der Waals surface area contributed by atoms with Crippen molar-refractivity contribution in [2.75, 3.05) is 13.2 Å². The summed E-state index contributed by atoms with van der Waals surface area (Å²) in [7, 11) is 0. The van der Waals surface area contributed by atoms with Crippen LogP contribution in [-0.2, 0) is 84.4 Å². The third-order valence-electron chi connectivity index (χ3n) is 13.8. The average molecular weight is 1130 g/mol. The van der Waals surface area contributed by atoms with Crippen molar-refractivity contribution in [2.24, 2.45) is 31.5 Å². The largest absolute Gasteiger partial charge is 0.463 e. The molecule has 2 aromatic rings. The first-order valence-corrected chi connectivity index (χ1v) is 25.8. The quantitative estimate of drug-likeness (QED) is 0.0314. The predicted molar refractivity (Wildman–Crippen MR) is 275 cm³/mol. The van der Waals surface area contributed by atoms with Gasteiger partial charge < -0.3 is 52.1 Å². The molecule has 32 nitrogen and oxygen atoms in total. The predicted octanol–water partition coefficient (Wildman–Crippen LogP) is 8.14. The summed E-state index contributed by atoms with van der Waals surface area (Å²) in [5, 5.41) is 19.3. The van der Waals surface area contributed by atoms with Crippen LogP contribution >= 0.6 is 0 Å². The Hall–Kier alpha value is -8.10. The Morgan fingerprint density at radius 3 is 1.74 bits per heavy atom. The van der Waals surface area contributed by atoms with Gasteiger partial charge in [-0.2, -0.15) is 0 Å². The number of hydrogen-bond acceptors (Lipinski definition) is 21. The third-order valence-corrected chi connectivity index (χ3v) is 13.8. The van der Waals surface area contributed by atoms with Gasteiger partial charge in [-0.15, -0.1) is 0 Å². The van der Waals surface area contributed by atoms with Crippen LogP contribution in [0.3, 0.4) is 0 Å². The lowest BCUT2D eigenvalue weighted by atomic mass is 9.83. The summed E-state index contributed by atoms with van der Waals surface area (Å²) in [5.74, 6) is -4.27. The van der Waals surface area contributed by atoms with Crippen LogP contribution in [0.2, 0.25) is 0 Å². The van der Waals surface area contributed by atoms with E-state index in [1.807, 2.05) is 67.6 Å². The zero-order chi connectivity index (χ0) is 58.6. The fourth-order valence-corrected chi connectivity index (χ4v) is 10.3. The highest BCUT2D eigenvalue weighted by Crippen LogP contribution is 2.41. The first-order chi connectivity index (χ1) is 39.0. The van der Waals surface area contributed by atoms with Crippen molar-refractivity contribution >= 4 is 30.0 Å². The molecule has 4 aliphatic rings. The standard InChI is InChI=1S/C49H62N16O16/c1-7-35(65(22-30-14-10-8-11-15-30)49(70)72-23-31-16-12-9-13-17-31)36-19-18-32(56-61-51)46(76-36)79-42-34(58-63-53)20-33(57-62-52)41(74-28(5)68)44(42)81-48-45(75-29(6)69)43(38(78-48)24-71-26(3)66)80-47-39(59-64-54)25(2)40(73-27(4)67)37(77-47)21-55-60-50/h8-17,25,32-48H,7,18-24H2,1-6H3. The van der Waals surface area contributed by atoms with E-state index in [1.54, 1.807) is 6.92 Å². The number of benzene rings is 2. The molecule has 2 aromatic carbocycles. The Labute approximate surface area is 462 Å². The van der Waals surface area contributed by atoms with Crippen LogP contribution in [0, 0.1) is 5.92 Å². The van der Waals surface area contributed by atoms with Crippen LogP contribution in [-0.4, -0.2) is 152 Å². The van der Waals surface area contributed by atoms with Crippen LogP contribution < -0.4 is 0 Å². The van der Waals surface area contributed by atoms with E-state index in [0.29, 0.717) is 6.42 Å². The van der Waals surface area contributed by atoms with Crippen molar-refractivity contribution in [1.82, 2.24) is 4.90 Å². The molecule has 0 aromatic heterocycles. The lowest BCUT2D eigenvalue weighted by molar-refractivity contribution is -0.293. The zero-order valence-corrected chi connectivity index (χ0v) is 45.0. The van der Waals surface area contributed by atoms with Crippen LogP contribution in [0.1, 0.15) is 78.4 Å². The molecule has 6 rings (SSSR count). The smallest absolute Gasteiger partial charge is 0.410 e. The average Bonchev–Trinajstić information content (AvgIpc) is 4.00. The zero-order valence-electron chi connectivity index (χ0n) is 45.0. The van der Waals surface area contributed by atoms with Gasteiger partial charge in [-0.3, -0.25) is 24.1 Å². The monoisotopic (exact) mass is 1130 g/mol. The van der Waals surface area contributed by atoms with Crippen LogP contribution in [0.5, 0.6) is 0 Å². The molecule has 4 fully saturated rings. The first-order valence-electron chi connectivity index (χ1n) is 25.8. The summed E-state index contributed by atoms with van der Waals surface area (Å²) < 4.78 is 67.7. The fourth-order valence-electron chi connectivity index (χ4n) is 10.3. The number of nitrogens with zero attached hydrogens (tertiary/aromatic N) is 16. The van der Waals surface area contributed by atoms with Gasteiger partial charge >= 0.3 is 30.0 Å². The highest BCUT2D eigenvalue weighted by Gasteiger charge is 2.57. The molecule has 3 heterocycles. The van der Waals surface area contributed by atoms with E-state index in [-0.39, 0.29) is 32.4 Å². The van der Waals surface area contributed by atoms with E-state index in [1.165, 1.54) is 4.90 Å². The molecule has 3 aliphatic heterocycles. The lowest BCUT2D eigenvalue weighted by Crippen LogP contribution is -2.62. The summed E-state index contributed by atoms with van der Waals surface area (Å²) >= 11 is 0. The van der Waals surface area contributed by atoms with E-state index < -0.39 is 153 Å². The molecule has 1 saturated carbocycles. The van der Waals surface area contributed by atoms with Gasteiger partial charge in [-0.05, 0) is 64.5 Å². The minimum absolute atomic E-state index is 0.0382. The van der Waals surface area contributed by atoms with Crippen molar-refractivity contribution in [3.05, 3.63) is 124 Å². The summed E-state index contributed by atoms with van der Waals surface area (Å²) in [6, 6.07) is 12.4. The number of carbonyl (C=O) groups excluding carboxylic acids is 5. The molecule has 18 unspecified atom stereocenters. The molecule has 81 heavy (non-hydrogen) atoms. The molecule has 18 atom stereocenters. The third kappa shape index (κ3) is 16.7. The van der Waals surface area contributed by atoms with Gasteiger partial charge in [0.2, 0.25) is 0 Å². The highest BCUT2D eigenvalue weighted by molar-refractivity contribution is 5.69. The molecule has 1 aliphatic carbocycles. The molecular formula is C49H62N16O16. The minimum Gasteiger partial charge on any atom is -0.463 e. The van der Waals surface area contributed by atoms with E-state index in [2.05, 4.69) is 50.1 Å². The summed E-state index contributed by atoms with van der Waals surface area (Å²) in [6.45, 7) is 6.77. The molecule has 0 bridgehead atoms. The van der Waals surface area contributed by atoms with Crippen molar-refractivity contribution in [3.63, 3.8) is 0 Å². The maximum absolute atomic E-state index is 14.2. The van der Waals surface area contributed by atoms with E-state index in [0.717, 1.165) is 38.8 Å². The molecule has 434 valence electrons. The number of rotatable bonds is 24. The van der Waals surface area contributed by atoms with Crippen molar-refractivity contribution in [1.29, 1.82) is 0 Å². The molecule has 3 saturated heterocycles. The van der Waals surface area contributed by atoms with Crippen LogP contribution in [0.15, 0.2) is 86.2 Å². The molecule has 0 spiro atoms. The lowest BCUT2D eigenvalue weighted by Gasteiger charge is -2.47. The summed E-state index contributed by atoms with van der Waals surface area (Å²) in [5.41, 5.74) is 50.2. The second-order valence-electron chi connectivity index (χ2n) is 19.2. The molecule has 0 N–H and O–H groups in total. The van der Waals surface area contributed by atoms with Crippen molar-refractivity contribution in [2.45, 2.75) is 184 Å². The topological polar surface area (TPSA) is 434 Å². The van der Waals surface area contributed by atoms with Gasteiger partial charge in [0.25, 0.3) is 0 Å². The Bertz CT molecular complexity index is 2740. The Balaban J connectivity index is 1.41. The second-order valence-corrected chi connectivity index (χ2v) is 19.2. The van der Waals surface area contributed by atoms with Gasteiger partial charge in [0.15, 0.2) is 25.0 Å². The summed E-state index contributed by atoms with van der Waals surface area (Å²) in [4.78, 5) is 81.3. The summed E-state index contributed by atoms with van der Waals surface area (Å²) in [6.07, 6.45) is -18.3. The molecule has 32 heteroatoms. The minimum atomic E-state index is -1.86. The fraction of sp³-hybridized carbons (Fsp3) is 0.653. The maximum Gasteiger partial charge on any atom is 0.410 e. The van der Waals surface area contributed by atoms with E-state index in [4.69, 9.17) is 52.1 Å². The number of carbonyl (C=O) groups is 5. The molecular weight excluding hydrogens is 1070 g/mol. The number of ether oxygens (including phenoxy) is 11. The first kappa shape index (κ1) is 62.1. The van der Waals surface area contributed by atoms with E-state index >= 15 is 0 Å². The van der Waals surface area contributed by atoms with Gasteiger partial charge in [0.1, 0.15) is 49.8 Å². The number of azide groups is 5. The Kier molecular flexibility index (Phi) is 23.4. The Morgan fingerprint density at radius 2 is 1.15 bits per heavy atom. The number of hydrogen-bond donors (Lipinski definition) is 0. The maximum atomic E-state index is 14.2. The van der Waals surface area contributed by atoms with Gasteiger partial charge in [0.05, 0.1) is 49.0 Å². The Morgan fingerprint density at radius 1 is 0.593 bits per heavy atom. The van der Waals surface area contributed by atoms with Crippen LogP contribution in [0.25, 0.3) is 52.2 Å². The number of amides is 1. The van der Waals surface area contributed by atoms with Crippen molar-refractivity contribution < 1.29 is 76.1 Å². The van der Waals surface area contributed by atoms with Crippen molar-refractivity contribution in [3.8, 4) is 0 Å². The van der Waals surface area contributed by atoms with Crippen LogP contribution in [0.4, 0.5) is 4.79 Å². The van der Waals surface area contributed by atoms with Gasteiger partial charge in [0, 0.05) is 64.7 Å². The van der Waals surface area contributed by atoms with E-state index in [9.17, 15) is 51.6 Å². The molecule has 1 amide bonds.